The summed E-state index contributed by atoms with van der Waals surface area (Å²) in [5.41, 5.74) is 1.43. The Morgan fingerprint density at radius 3 is 3.05 bits per heavy atom. The summed E-state index contributed by atoms with van der Waals surface area (Å²) in [5, 5.41) is 6.64. The van der Waals surface area contributed by atoms with Crippen LogP contribution < -0.4 is 10.6 Å². The number of rotatable bonds is 2. The average Bonchev–Trinajstić information content (AvgIpc) is 2.70. The van der Waals surface area contributed by atoms with E-state index in [0.29, 0.717) is 12.1 Å². The van der Waals surface area contributed by atoms with Gasteiger partial charge in [0.1, 0.15) is 0 Å². The standard InChI is InChI=1S/C16H24N2OS/c1-11-9-13(7-8-17-11)18-16(19)15-10-12-5-3-2-4-6-14(12)20-15/h10-11,13,17H,2-9H2,1H3,(H,18,19). The molecule has 3 nitrogen and oxygen atoms in total. The van der Waals surface area contributed by atoms with Gasteiger partial charge in [-0.25, -0.2) is 0 Å². The number of amides is 1. The lowest BCUT2D eigenvalue weighted by Gasteiger charge is -2.28. The van der Waals surface area contributed by atoms with Gasteiger partial charge in [0.25, 0.3) is 5.91 Å². The van der Waals surface area contributed by atoms with Gasteiger partial charge in [-0.05, 0) is 63.6 Å². The van der Waals surface area contributed by atoms with Gasteiger partial charge < -0.3 is 10.6 Å². The lowest BCUT2D eigenvalue weighted by molar-refractivity contribution is 0.0930. The molecule has 0 aromatic carbocycles. The zero-order valence-corrected chi connectivity index (χ0v) is 13.0. The van der Waals surface area contributed by atoms with Crippen molar-refractivity contribution in [3.63, 3.8) is 0 Å². The van der Waals surface area contributed by atoms with Gasteiger partial charge in [0.05, 0.1) is 4.88 Å². The van der Waals surface area contributed by atoms with E-state index in [9.17, 15) is 4.79 Å². The Hall–Kier alpha value is -0.870. The number of hydrogen-bond acceptors (Lipinski definition) is 3. The maximum atomic E-state index is 12.4. The van der Waals surface area contributed by atoms with Crippen molar-refractivity contribution in [2.75, 3.05) is 6.54 Å². The lowest BCUT2D eigenvalue weighted by atomic mass is 10.0. The number of thiophene rings is 1. The fourth-order valence-electron chi connectivity index (χ4n) is 3.30. The number of hydrogen-bond donors (Lipinski definition) is 2. The molecule has 1 saturated heterocycles. The van der Waals surface area contributed by atoms with Crippen molar-refractivity contribution in [3.8, 4) is 0 Å². The predicted octanol–water partition coefficient (Wildman–Crippen LogP) is 2.89. The molecular formula is C16H24N2OS. The largest absolute Gasteiger partial charge is 0.349 e. The molecule has 2 unspecified atom stereocenters. The molecule has 1 aromatic rings. The van der Waals surface area contributed by atoms with Gasteiger partial charge in [-0.15, -0.1) is 11.3 Å². The number of aryl methyl sites for hydroxylation is 2. The Balaban J connectivity index is 1.65. The molecule has 1 fully saturated rings. The van der Waals surface area contributed by atoms with Crippen LogP contribution in [-0.2, 0) is 12.8 Å². The predicted molar refractivity (Wildman–Crippen MR) is 83.5 cm³/mol. The van der Waals surface area contributed by atoms with Crippen LogP contribution in [0.15, 0.2) is 6.07 Å². The molecule has 1 amide bonds. The normalized spacial score (nSPS) is 26.6. The van der Waals surface area contributed by atoms with Crippen molar-refractivity contribution < 1.29 is 4.79 Å². The van der Waals surface area contributed by atoms with E-state index in [1.807, 2.05) is 0 Å². The van der Waals surface area contributed by atoms with E-state index in [4.69, 9.17) is 0 Å². The quantitative estimate of drug-likeness (QED) is 0.823. The van der Waals surface area contributed by atoms with E-state index in [1.54, 1.807) is 11.3 Å². The lowest BCUT2D eigenvalue weighted by Crippen LogP contribution is -2.46. The van der Waals surface area contributed by atoms with Gasteiger partial charge in [-0.1, -0.05) is 6.42 Å². The number of fused-ring (bicyclic) bond motifs is 1. The zero-order valence-electron chi connectivity index (χ0n) is 12.2. The molecule has 0 radical (unpaired) electrons. The van der Waals surface area contributed by atoms with Gasteiger partial charge in [0, 0.05) is 17.0 Å². The maximum Gasteiger partial charge on any atom is 0.261 e. The number of nitrogens with one attached hydrogen (secondary N) is 2. The summed E-state index contributed by atoms with van der Waals surface area (Å²) < 4.78 is 0. The molecule has 1 aliphatic carbocycles. The van der Waals surface area contributed by atoms with Crippen molar-refractivity contribution in [1.29, 1.82) is 0 Å². The van der Waals surface area contributed by atoms with Crippen LogP contribution in [0.25, 0.3) is 0 Å². The monoisotopic (exact) mass is 292 g/mol. The van der Waals surface area contributed by atoms with Crippen molar-refractivity contribution in [3.05, 3.63) is 21.4 Å². The number of piperidine rings is 1. The average molecular weight is 292 g/mol. The molecule has 0 bridgehead atoms. The fraction of sp³-hybridized carbons (Fsp3) is 0.688. The molecule has 2 heterocycles. The minimum Gasteiger partial charge on any atom is -0.349 e. The highest BCUT2D eigenvalue weighted by Crippen LogP contribution is 2.29. The van der Waals surface area contributed by atoms with Crippen molar-refractivity contribution in [1.82, 2.24) is 10.6 Å². The third kappa shape index (κ3) is 3.23. The van der Waals surface area contributed by atoms with E-state index in [0.717, 1.165) is 37.1 Å². The zero-order chi connectivity index (χ0) is 13.9. The molecule has 2 aliphatic rings. The molecule has 3 rings (SSSR count). The van der Waals surface area contributed by atoms with E-state index in [1.165, 1.54) is 29.7 Å². The highest BCUT2D eigenvalue weighted by Gasteiger charge is 2.22. The Morgan fingerprint density at radius 1 is 1.35 bits per heavy atom. The second-order valence-electron chi connectivity index (χ2n) is 6.17. The van der Waals surface area contributed by atoms with E-state index in [2.05, 4.69) is 23.6 Å². The molecule has 2 atom stereocenters. The van der Waals surface area contributed by atoms with Crippen LogP contribution in [-0.4, -0.2) is 24.5 Å². The van der Waals surface area contributed by atoms with Crippen molar-refractivity contribution in [2.24, 2.45) is 0 Å². The molecule has 2 N–H and O–H groups in total. The van der Waals surface area contributed by atoms with E-state index < -0.39 is 0 Å². The molecular weight excluding hydrogens is 268 g/mol. The highest BCUT2D eigenvalue weighted by atomic mass is 32.1. The molecule has 1 aromatic heterocycles. The molecule has 110 valence electrons. The maximum absolute atomic E-state index is 12.4. The van der Waals surface area contributed by atoms with E-state index >= 15 is 0 Å². The SMILES string of the molecule is CC1CC(NC(=O)c2cc3c(s2)CCCCC3)CCN1. The minimum absolute atomic E-state index is 0.141. The molecule has 20 heavy (non-hydrogen) atoms. The van der Waals surface area contributed by atoms with Crippen LogP contribution in [0.3, 0.4) is 0 Å². The highest BCUT2D eigenvalue weighted by molar-refractivity contribution is 7.14. The molecule has 0 spiro atoms. The summed E-state index contributed by atoms with van der Waals surface area (Å²) in [6, 6.07) is 2.99. The summed E-state index contributed by atoms with van der Waals surface area (Å²) in [6.07, 6.45) is 8.28. The van der Waals surface area contributed by atoms with Crippen LogP contribution in [0.2, 0.25) is 0 Å². The summed E-state index contributed by atoms with van der Waals surface area (Å²) >= 11 is 1.72. The third-order valence-electron chi connectivity index (χ3n) is 4.43. The van der Waals surface area contributed by atoms with Crippen LogP contribution in [0, 0.1) is 0 Å². The number of carbonyl (C=O) groups excluding carboxylic acids is 1. The first-order chi connectivity index (χ1) is 9.72. The topological polar surface area (TPSA) is 41.1 Å². The Morgan fingerprint density at radius 2 is 2.20 bits per heavy atom. The molecule has 0 saturated carbocycles. The van der Waals surface area contributed by atoms with Gasteiger partial charge in [0.15, 0.2) is 0 Å². The summed E-state index contributed by atoms with van der Waals surface area (Å²) in [6.45, 7) is 3.19. The third-order valence-corrected chi connectivity index (χ3v) is 5.67. The Labute approximate surface area is 125 Å². The first kappa shape index (κ1) is 14.1. The Bertz CT molecular complexity index is 459. The number of carbonyl (C=O) groups is 1. The minimum atomic E-state index is 0.141. The summed E-state index contributed by atoms with van der Waals surface area (Å²) in [5.74, 6) is 0.141. The van der Waals surface area contributed by atoms with Crippen LogP contribution in [0.5, 0.6) is 0 Å². The molecule has 1 aliphatic heterocycles. The van der Waals surface area contributed by atoms with Gasteiger partial charge in [0.2, 0.25) is 0 Å². The van der Waals surface area contributed by atoms with E-state index in [-0.39, 0.29) is 5.91 Å². The second-order valence-corrected chi connectivity index (χ2v) is 7.31. The molecule has 4 heteroatoms. The van der Waals surface area contributed by atoms with Gasteiger partial charge >= 0.3 is 0 Å². The second kappa shape index (κ2) is 6.27. The van der Waals surface area contributed by atoms with Crippen LogP contribution in [0.1, 0.15) is 59.1 Å². The summed E-state index contributed by atoms with van der Waals surface area (Å²) in [4.78, 5) is 14.8. The fourth-order valence-corrected chi connectivity index (χ4v) is 4.46. The van der Waals surface area contributed by atoms with Gasteiger partial charge in [-0.3, -0.25) is 4.79 Å². The van der Waals surface area contributed by atoms with Crippen molar-refractivity contribution >= 4 is 17.2 Å². The summed E-state index contributed by atoms with van der Waals surface area (Å²) in [7, 11) is 0. The van der Waals surface area contributed by atoms with Crippen LogP contribution >= 0.6 is 11.3 Å². The smallest absolute Gasteiger partial charge is 0.261 e. The van der Waals surface area contributed by atoms with Crippen molar-refractivity contribution in [2.45, 2.75) is 64.0 Å². The Kier molecular flexibility index (Phi) is 4.41. The first-order valence-corrected chi connectivity index (χ1v) is 8.70. The van der Waals surface area contributed by atoms with Gasteiger partial charge in [-0.2, -0.15) is 0 Å². The first-order valence-electron chi connectivity index (χ1n) is 7.88. The van der Waals surface area contributed by atoms with Crippen LogP contribution in [0.4, 0.5) is 0 Å².